The first-order chi connectivity index (χ1) is 22.8. The SMILES string of the molecule is [2H]c1cccc2c1c1c3c4c(-n5c6ccccc6c6ccccc65)cccc4n(-c4ccccc4)c3ccc1n2-c1ccccc1. The molecule has 0 aliphatic heterocycles. The topological polar surface area (TPSA) is 14.8 Å². The van der Waals surface area contributed by atoms with E-state index in [-0.39, 0.29) is 0 Å². The van der Waals surface area contributed by atoms with E-state index in [1.165, 1.54) is 27.2 Å². The molecule has 0 amide bonds. The Morgan fingerprint density at radius 2 is 0.778 bits per heavy atom. The van der Waals surface area contributed by atoms with Crippen molar-refractivity contribution in [3.63, 3.8) is 0 Å². The summed E-state index contributed by atoms with van der Waals surface area (Å²) in [7, 11) is 0. The average Bonchev–Trinajstić information content (AvgIpc) is 3.75. The quantitative estimate of drug-likeness (QED) is 0.199. The highest BCUT2D eigenvalue weighted by atomic mass is 15.0. The second-order valence-electron chi connectivity index (χ2n) is 11.7. The molecule has 45 heavy (non-hydrogen) atoms. The molecule has 7 aromatic carbocycles. The lowest BCUT2D eigenvalue weighted by Gasteiger charge is -2.11. The number of rotatable bonds is 3. The first-order valence-electron chi connectivity index (χ1n) is 15.9. The van der Waals surface area contributed by atoms with Gasteiger partial charge in [0.25, 0.3) is 0 Å². The van der Waals surface area contributed by atoms with Gasteiger partial charge in [0.05, 0.1) is 40.2 Å². The molecule has 210 valence electrons. The van der Waals surface area contributed by atoms with Crippen LogP contribution in [0.1, 0.15) is 1.37 Å². The Bertz CT molecular complexity index is 2750. The zero-order valence-electron chi connectivity index (χ0n) is 25.4. The van der Waals surface area contributed by atoms with Gasteiger partial charge < -0.3 is 13.7 Å². The lowest BCUT2D eigenvalue weighted by atomic mass is 10.0. The maximum atomic E-state index is 9.26. The number of para-hydroxylation sites is 5. The highest BCUT2D eigenvalue weighted by Crippen LogP contribution is 2.45. The predicted molar refractivity (Wildman–Crippen MR) is 189 cm³/mol. The molecule has 3 aromatic heterocycles. The summed E-state index contributed by atoms with van der Waals surface area (Å²) < 4.78 is 16.4. The molecule has 10 rings (SSSR count). The Morgan fingerprint density at radius 1 is 0.311 bits per heavy atom. The van der Waals surface area contributed by atoms with Gasteiger partial charge in [0.2, 0.25) is 0 Å². The summed E-state index contributed by atoms with van der Waals surface area (Å²) in [6.45, 7) is 0. The third-order valence-electron chi connectivity index (χ3n) is 9.33. The van der Waals surface area contributed by atoms with E-state index in [1.807, 2.05) is 12.1 Å². The van der Waals surface area contributed by atoms with Gasteiger partial charge in [-0.1, -0.05) is 97.0 Å². The third-order valence-corrected chi connectivity index (χ3v) is 9.33. The van der Waals surface area contributed by atoms with E-state index in [2.05, 4.69) is 159 Å². The molecule has 3 heterocycles. The molecule has 0 atom stereocenters. The molecule has 0 radical (unpaired) electrons. The molecule has 0 N–H and O–H groups in total. The van der Waals surface area contributed by atoms with Crippen molar-refractivity contribution in [2.75, 3.05) is 0 Å². The van der Waals surface area contributed by atoms with Gasteiger partial charge in [-0.2, -0.15) is 0 Å². The van der Waals surface area contributed by atoms with Gasteiger partial charge in [0, 0.05) is 43.7 Å². The van der Waals surface area contributed by atoms with Crippen LogP contribution < -0.4 is 0 Å². The van der Waals surface area contributed by atoms with Crippen molar-refractivity contribution >= 4 is 65.4 Å². The maximum absolute atomic E-state index is 9.26. The molecule has 0 unspecified atom stereocenters. The Kier molecular flexibility index (Phi) is 4.79. The van der Waals surface area contributed by atoms with E-state index in [0.717, 1.165) is 55.3 Å². The molecule has 0 fully saturated rings. The second-order valence-corrected chi connectivity index (χ2v) is 11.7. The molecule has 0 saturated carbocycles. The van der Waals surface area contributed by atoms with E-state index in [1.54, 1.807) is 0 Å². The summed E-state index contributed by atoms with van der Waals surface area (Å²) in [6, 6.07) is 56.3. The number of hydrogen-bond acceptors (Lipinski definition) is 0. The Morgan fingerprint density at radius 3 is 1.42 bits per heavy atom. The summed E-state index contributed by atoms with van der Waals surface area (Å²) >= 11 is 0. The van der Waals surface area contributed by atoms with Crippen LogP contribution in [-0.4, -0.2) is 13.7 Å². The normalized spacial score (nSPS) is 12.3. The number of nitrogens with zero attached hydrogens (tertiary/aromatic N) is 3. The molecule has 0 saturated heterocycles. The zero-order chi connectivity index (χ0) is 30.4. The van der Waals surface area contributed by atoms with E-state index in [4.69, 9.17) is 0 Å². The van der Waals surface area contributed by atoms with E-state index < -0.39 is 0 Å². The summed E-state index contributed by atoms with van der Waals surface area (Å²) in [5, 5.41) is 6.88. The van der Waals surface area contributed by atoms with Crippen molar-refractivity contribution in [1.29, 1.82) is 0 Å². The number of aromatic nitrogens is 3. The van der Waals surface area contributed by atoms with Crippen LogP contribution in [0.15, 0.2) is 164 Å². The van der Waals surface area contributed by atoms with Gasteiger partial charge in [0.15, 0.2) is 0 Å². The molecule has 3 heteroatoms. The minimum Gasteiger partial charge on any atom is -0.309 e. The number of benzene rings is 7. The molecular weight excluding hydrogens is 546 g/mol. The maximum Gasteiger partial charge on any atom is 0.0630 e. The van der Waals surface area contributed by atoms with E-state index in [9.17, 15) is 1.37 Å². The van der Waals surface area contributed by atoms with Gasteiger partial charge in [-0.05, 0) is 66.7 Å². The largest absolute Gasteiger partial charge is 0.309 e. The second kappa shape index (κ2) is 9.22. The Hall–Kier alpha value is -6.06. The van der Waals surface area contributed by atoms with Crippen molar-refractivity contribution in [2.45, 2.75) is 0 Å². The highest BCUT2D eigenvalue weighted by Gasteiger charge is 2.23. The van der Waals surface area contributed by atoms with Crippen molar-refractivity contribution in [3.05, 3.63) is 164 Å². The van der Waals surface area contributed by atoms with Gasteiger partial charge >= 0.3 is 0 Å². The Labute approximate surface area is 260 Å². The van der Waals surface area contributed by atoms with Crippen molar-refractivity contribution in [2.24, 2.45) is 0 Å². The van der Waals surface area contributed by atoms with Crippen LogP contribution in [0.3, 0.4) is 0 Å². The Balaban J connectivity index is 1.49. The van der Waals surface area contributed by atoms with E-state index >= 15 is 0 Å². The molecule has 10 aromatic rings. The first-order valence-corrected chi connectivity index (χ1v) is 15.4. The fraction of sp³-hybridized carbons (Fsp3) is 0. The van der Waals surface area contributed by atoms with Crippen LogP contribution in [0.2, 0.25) is 0 Å². The third kappa shape index (κ3) is 3.30. The predicted octanol–water partition coefficient (Wildman–Crippen LogP) is 11.0. The van der Waals surface area contributed by atoms with Crippen LogP contribution in [0.4, 0.5) is 0 Å². The summed E-state index contributed by atoms with van der Waals surface area (Å²) in [5.74, 6) is 0. The average molecular weight is 575 g/mol. The van der Waals surface area contributed by atoms with Crippen LogP contribution in [0.25, 0.3) is 82.5 Å². The smallest absolute Gasteiger partial charge is 0.0630 e. The van der Waals surface area contributed by atoms with Crippen molar-refractivity contribution in [3.8, 4) is 17.1 Å². The zero-order valence-corrected chi connectivity index (χ0v) is 24.4. The molecule has 0 aliphatic carbocycles. The fourth-order valence-corrected chi connectivity index (χ4v) is 7.58. The van der Waals surface area contributed by atoms with E-state index in [0.29, 0.717) is 6.04 Å². The highest BCUT2D eigenvalue weighted by molar-refractivity contribution is 6.30. The van der Waals surface area contributed by atoms with Crippen LogP contribution >= 0.6 is 0 Å². The minimum absolute atomic E-state index is 0.527. The molecule has 3 nitrogen and oxygen atoms in total. The van der Waals surface area contributed by atoms with Gasteiger partial charge in [-0.3, -0.25) is 0 Å². The fourth-order valence-electron chi connectivity index (χ4n) is 7.58. The molecular formula is C42H27N3. The van der Waals surface area contributed by atoms with Crippen molar-refractivity contribution in [1.82, 2.24) is 13.7 Å². The molecule has 0 bridgehead atoms. The number of hydrogen-bond donors (Lipinski definition) is 0. The van der Waals surface area contributed by atoms with Crippen LogP contribution in [0, 0.1) is 0 Å². The summed E-state index contributed by atoms with van der Waals surface area (Å²) in [5.41, 5.74) is 10.1. The summed E-state index contributed by atoms with van der Waals surface area (Å²) in [6.07, 6.45) is 0. The number of fused-ring (bicyclic) bond motifs is 10. The van der Waals surface area contributed by atoms with Crippen molar-refractivity contribution < 1.29 is 1.37 Å². The van der Waals surface area contributed by atoms with Crippen LogP contribution in [0.5, 0.6) is 0 Å². The van der Waals surface area contributed by atoms with Gasteiger partial charge in [0.1, 0.15) is 0 Å². The van der Waals surface area contributed by atoms with Gasteiger partial charge in [-0.15, -0.1) is 0 Å². The van der Waals surface area contributed by atoms with Crippen LogP contribution in [-0.2, 0) is 0 Å². The lowest BCUT2D eigenvalue weighted by Crippen LogP contribution is -1.96. The monoisotopic (exact) mass is 574 g/mol. The lowest BCUT2D eigenvalue weighted by molar-refractivity contribution is 1.17. The first kappa shape index (κ1) is 23.4. The molecule has 0 spiro atoms. The molecule has 0 aliphatic rings. The standard InChI is InChI=1S/C42H27N3/c1-3-14-28(15-4-1)43-35-23-12-9-20-32(35)40-38(43)26-27-39-42(40)41-36(44(39)29-16-5-2-6-17-29)24-13-25-37(41)45-33-21-10-7-18-30(33)31-19-8-11-22-34(31)45/h1-27H/i20D. The minimum atomic E-state index is 0.527. The summed E-state index contributed by atoms with van der Waals surface area (Å²) in [4.78, 5) is 0. The van der Waals surface area contributed by atoms with Gasteiger partial charge in [-0.25, -0.2) is 0 Å².